The second kappa shape index (κ2) is 18.0. The lowest BCUT2D eigenvalue weighted by molar-refractivity contribution is 0.879. The van der Waals surface area contributed by atoms with Crippen LogP contribution in [0.15, 0.2) is 114 Å². The first-order valence-corrected chi connectivity index (χ1v) is 16.1. The molecule has 0 saturated carbocycles. The fraction of sp³-hybridized carbons (Fsp3) is 0.250. The van der Waals surface area contributed by atoms with Gasteiger partial charge in [-0.3, -0.25) is 4.99 Å². The van der Waals surface area contributed by atoms with Gasteiger partial charge in [-0.2, -0.15) is 5.26 Å². The van der Waals surface area contributed by atoms with Gasteiger partial charge in [-0.05, 0) is 101 Å². The maximum atomic E-state index is 7.51. The number of nitrogens with one attached hydrogen (secondary N) is 2. The second-order valence-electron chi connectivity index (χ2n) is 11.1. The number of nitrogens with zero attached hydrogens (tertiary/aromatic N) is 2. The minimum atomic E-state index is 0.491. The van der Waals surface area contributed by atoms with Crippen LogP contribution in [-0.4, -0.2) is 33.1 Å². The summed E-state index contributed by atoms with van der Waals surface area (Å²) in [6.07, 6.45) is 12.6. The summed E-state index contributed by atoms with van der Waals surface area (Å²) in [6, 6.07) is 35.0. The van der Waals surface area contributed by atoms with Crippen molar-refractivity contribution in [2.24, 2.45) is 16.5 Å². The van der Waals surface area contributed by atoms with E-state index in [2.05, 4.69) is 125 Å². The number of aliphatic imine (C=N–C) groups is 1. The molecule has 6 N–H and O–H groups in total. The van der Waals surface area contributed by atoms with Crippen molar-refractivity contribution in [3.63, 3.8) is 0 Å². The van der Waals surface area contributed by atoms with E-state index in [1.54, 1.807) is 20.3 Å². The molecule has 0 aliphatic heterocycles. The molecule has 0 fully saturated rings. The molecule has 6 nitrogen and oxygen atoms in total. The molecule has 236 valence electrons. The van der Waals surface area contributed by atoms with Crippen molar-refractivity contribution in [1.82, 2.24) is 10.6 Å². The van der Waals surface area contributed by atoms with Crippen molar-refractivity contribution in [3.05, 3.63) is 154 Å². The van der Waals surface area contributed by atoms with Crippen LogP contribution in [0.3, 0.4) is 0 Å². The molecule has 2 aliphatic rings. The molecule has 0 atom stereocenters. The summed E-state index contributed by atoms with van der Waals surface area (Å²) in [4.78, 5) is 3.92. The maximum absolute atomic E-state index is 7.51. The quantitative estimate of drug-likeness (QED) is 0.0688. The zero-order valence-electron chi connectivity index (χ0n) is 27.1. The van der Waals surface area contributed by atoms with Gasteiger partial charge >= 0.3 is 0 Å². The average Bonchev–Trinajstić information content (AvgIpc) is 3.37. The van der Waals surface area contributed by atoms with E-state index in [-0.39, 0.29) is 0 Å². The Morgan fingerprint density at radius 1 is 0.696 bits per heavy atom. The van der Waals surface area contributed by atoms with Crippen molar-refractivity contribution < 1.29 is 0 Å². The van der Waals surface area contributed by atoms with Crippen LogP contribution >= 0.6 is 0 Å². The third-order valence-electron chi connectivity index (χ3n) is 8.22. The monoisotopic (exact) mass is 610 g/mol. The number of fused-ring (bicyclic) bond motifs is 4. The first-order valence-electron chi connectivity index (χ1n) is 16.1. The second-order valence-corrected chi connectivity index (χ2v) is 11.1. The van der Waals surface area contributed by atoms with E-state index in [4.69, 9.17) is 16.7 Å². The molecule has 46 heavy (non-hydrogen) atoms. The van der Waals surface area contributed by atoms with E-state index in [0.717, 1.165) is 45.1 Å². The molecule has 2 aliphatic carbocycles. The number of guanidine groups is 1. The zero-order chi connectivity index (χ0) is 32.6. The zero-order valence-corrected chi connectivity index (χ0v) is 27.1. The van der Waals surface area contributed by atoms with Crippen LogP contribution in [-0.2, 0) is 25.7 Å². The molecule has 0 aromatic heterocycles. The molecule has 0 spiro atoms. The van der Waals surface area contributed by atoms with Crippen LogP contribution < -0.4 is 22.1 Å². The molecular formula is C40H46N6. The number of hydrogen-bond donors (Lipinski definition) is 4. The molecule has 6 heteroatoms. The van der Waals surface area contributed by atoms with Gasteiger partial charge in [0.25, 0.3) is 0 Å². The van der Waals surface area contributed by atoms with Gasteiger partial charge in [-0.15, -0.1) is 0 Å². The number of benzene rings is 4. The highest BCUT2D eigenvalue weighted by atomic mass is 15.1. The first-order chi connectivity index (χ1) is 22.6. The summed E-state index contributed by atoms with van der Waals surface area (Å²) in [7, 11) is 3.26. The predicted octanol–water partition coefficient (Wildman–Crippen LogP) is 6.39. The Bertz CT molecular complexity index is 1610. The normalized spacial score (nSPS) is 12.8. The Morgan fingerprint density at radius 2 is 1.04 bits per heavy atom. The van der Waals surface area contributed by atoms with Crippen LogP contribution in [0.5, 0.6) is 0 Å². The minimum Gasteiger partial charge on any atom is -0.370 e. The number of hydrogen-bond acceptors (Lipinski definition) is 4. The van der Waals surface area contributed by atoms with Gasteiger partial charge in [0, 0.05) is 20.6 Å². The van der Waals surface area contributed by atoms with Crippen LogP contribution in [0.25, 0.3) is 11.1 Å². The van der Waals surface area contributed by atoms with E-state index in [0.29, 0.717) is 12.5 Å². The Kier molecular flexibility index (Phi) is 13.2. The van der Waals surface area contributed by atoms with Crippen molar-refractivity contribution in [2.45, 2.75) is 38.5 Å². The fourth-order valence-electron chi connectivity index (χ4n) is 6.00. The molecule has 4 aromatic rings. The highest BCUT2D eigenvalue weighted by Gasteiger charge is 2.18. The lowest BCUT2D eigenvalue weighted by Gasteiger charge is -2.12. The smallest absolute Gasteiger partial charge is 0.188 e. The van der Waals surface area contributed by atoms with E-state index < -0.39 is 0 Å². The molecule has 0 amide bonds. The largest absolute Gasteiger partial charge is 0.370 e. The summed E-state index contributed by atoms with van der Waals surface area (Å²) >= 11 is 0. The maximum Gasteiger partial charge on any atom is 0.188 e. The Labute approximate surface area is 274 Å². The van der Waals surface area contributed by atoms with Gasteiger partial charge < -0.3 is 22.1 Å². The molecular weight excluding hydrogens is 564 g/mol. The molecule has 0 saturated heterocycles. The number of nitriles is 1. The minimum absolute atomic E-state index is 0.491. The fourth-order valence-corrected chi connectivity index (χ4v) is 6.00. The van der Waals surface area contributed by atoms with E-state index in [9.17, 15) is 0 Å². The summed E-state index contributed by atoms with van der Waals surface area (Å²) in [5.41, 5.74) is 25.3. The Hall–Kier alpha value is -5.12. The van der Waals surface area contributed by atoms with Gasteiger partial charge in [-0.1, -0.05) is 109 Å². The lowest BCUT2D eigenvalue weighted by atomic mass is 9.93. The molecule has 0 heterocycles. The molecule has 0 bridgehead atoms. The average molecular weight is 611 g/mol. The summed E-state index contributed by atoms with van der Waals surface area (Å²) in [6.45, 7) is 1.49. The van der Waals surface area contributed by atoms with Gasteiger partial charge in [0.15, 0.2) is 12.2 Å². The van der Waals surface area contributed by atoms with Gasteiger partial charge in [0.05, 0.1) is 0 Å². The van der Waals surface area contributed by atoms with Crippen molar-refractivity contribution in [3.8, 4) is 6.19 Å². The van der Waals surface area contributed by atoms with E-state index in [1.165, 1.54) is 55.7 Å². The van der Waals surface area contributed by atoms with E-state index in [1.807, 2.05) is 0 Å². The topological polar surface area (TPSA) is 112 Å². The van der Waals surface area contributed by atoms with E-state index >= 15 is 0 Å². The predicted molar refractivity (Wildman–Crippen MR) is 193 cm³/mol. The number of rotatable bonds is 5. The summed E-state index contributed by atoms with van der Waals surface area (Å²) in [5.74, 6) is 0.491. The first kappa shape index (κ1) is 33.8. The molecule has 4 aromatic carbocycles. The Balaban J connectivity index is 0.000000190. The van der Waals surface area contributed by atoms with Gasteiger partial charge in [-0.25, -0.2) is 0 Å². The van der Waals surface area contributed by atoms with Crippen LogP contribution in [0.4, 0.5) is 0 Å². The van der Waals surface area contributed by atoms with Gasteiger partial charge in [0.2, 0.25) is 0 Å². The number of aryl methyl sites for hydroxylation is 4. The Morgan fingerprint density at radius 3 is 1.37 bits per heavy atom. The summed E-state index contributed by atoms with van der Waals surface area (Å²) in [5, 5.41) is 12.9. The number of nitrogens with two attached hydrogens (primary N) is 2. The van der Waals surface area contributed by atoms with Crippen molar-refractivity contribution in [1.29, 1.82) is 5.26 Å². The van der Waals surface area contributed by atoms with Crippen molar-refractivity contribution >= 4 is 17.1 Å². The molecule has 0 unspecified atom stereocenters. The van der Waals surface area contributed by atoms with Crippen LogP contribution in [0.2, 0.25) is 0 Å². The third-order valence-corrected chi connectivity index (χ3v) is 8.22. The highest BCUT2D eigenvalue weighted by molar-refractivity contribution is 5.85. The standard InChI is InChI=1S/C20H23N3.C18H19N.C2H4N2/c1-22-20(21)23-14-6-11-19-17-9-4-2-7-15(17)12-13-16-8-3-5-10-18(16)19;19-13-5-10-18-16-8-3-1-6-14(16)11-12-15-7-2-4-9-17(15)18;1-4-2-3/h2-5,7-11H,6,12-14H2,1H3,(H3,21,22,23);1-4,6-10H,5,11-13,19H2;4H,1H3. The van der Waals surface area contributed by atoms with Crippen molar-refractivity contribution in [2.75, 3.05) is 27.2 Å². The lowest BCUT2D eigenvalue weighted by Crippen LogP contribution is -2.31. The molecule has 6 rings (SSSR count). The molecule has 0 radical (unpaired) electrons. The van der Waals surface area contributed by atoms with Gasteiger partial charge in [0.1, 0.15) is 0 Å². The third kappa shape index (κ3) is 8.97. The van der Waals surface area contributed by atoms with Crippen LogP contribution in [0.1, 0.15) is 57.3 Å². The SMILES string of the molecule is CN=C(N)NCCC=C1c2ccccc2CCc2ccccc21.CNC#N.NCCC=C1c2ccccc2CCc2ccccc21. The highest BCUT2D eigenvalue weighted by Crippen LogP contribution is 2.34. The summed E-state index contributed by atoms with van der Waals surface area (Å²) < 4.78 is 0. The van der Waals surface area contributed by atoms with Crippen LogP contribution in [0, 0.1) is 11.5 Å².